The number of hydrogen-bond acceptors (Lipinski definition) is 1. The highest BCUT2D eigenvalue weighted by Gasteiger charge is 2.26. The van der Waals surface area contributed by atoms with E-state index >= 15 is 0 Å². The normalized spacial score (nSPS) is 21.5. The minimum Gasteiger partial charge on any atom is -0.368 e. The quantitative estimate of drug-likeness (QED) is 0.635. The lowest BCUT2D eigenvalue weighted by Gasteiger charge is -1.96. The molecule has 1 fully saturated rings. The average molecular weight is 159 g/mol. The monoisotopic (exact) mass is 159 g/mol. The van der Waals surface area contributed by atoms with Crippen LogP contribution in [0.1, 0.15) is 11.7 Å². The van der Waals surface area contributed by atoms with Gasteiger partial charge in [-0.1, -0.05) is 12.1 Å². The zero-order chi connectivity index (χ0) is 7.97. The molecule has 12 heavy (non-hydrogen) atoms. The third kappa shape index (κ3) is 0.786. The highest BCUT2D eigenvalue weighted by molar-refractivity contribution is 5.83. The molecule has 2 heterocycles. The molecular weight excluding hydrogens is 150 g/mol. The molecule has 1 saturated heterocycles. The average Bonchev–Trinajstić information content (AvgIpc) is 2.82. The third-order valence-corrected chi connectivity index (χ3v) is 2.31. The first-order chi connectivity index (χ1) is 5.95. The second-order valence-electron chi connectivity index (χ2n) is 3.11. The number of nitrogens with one attached hydrogen (secondary N) is 1. The van der Waals surface area contributed by atoms with Crippen molar-refractivity contribution in [3.05, 3.63) is 36.0 Å². The SMILES string of the molecule is c1cc([C@H]2CO2)c2cc[nH]c2c1. The molecule has 0 saturated carbocycles. The van der Waals surface area contributed by atoms with Gasteiger partial charge >= 0.3 is 0 Å². The first kappa shape index (κ1) is 6.26. The lowest BCUT2D eigenvalue weighted by Crippen LogP contribution is -1.80. The molecule has 1 aliphatic heterocycles. The van der Waals surface area contributed by atoms with Crippen LogP contribution >= 0.6 is 0 Å². The van der Waals surface area contributed by atoms with Crippen molar-refractivity contribution in [2.24, 2.45) is 0 Å². The highest BCUT2D eigenvalue weighted by atomic mass is 16.6. The van der Waals surface area contributed by atoms with Gasteiger partial charge in [0.1, 0.15) is 6.10 Å². The molecule has 1 aromatic carbocycles. The van der Waals surface area contributed by atoms with Crippen molar-refractivity contribution in [2.75, 3.05) is 6.61 Å². The summed E-state index contributed by atoms with van der Waals surface area (Å²) in [6, 6.07) is 8.39. The number of ether oxygens (including phenoxy) is 1. The zero-order valence-electron chi connectivity index (χ0n) is 6.58. The van der Waals surface area contributed by atoms with Crippen molar-refractivity contribution in [2.45, 2.75) is 6.10 Å². The molecule has 1 atom stereocenters. The van der Waals surface area contributed by atoms with Crippen LogP contribution in [0.3, 0.4) is 0 Å². The third-order valence-electron chi connectivity index (χ3n) is 2.31. The van der Waals surface area contributed by atoms with Gasteiger partial charge in [0.15, 0.2) is 0 Å². The molecule has 0 bridgehead atoms. The maximum absolute atomic E-state index is 5.26. The topological polar surface area (TPSA) is 28.3 Å². The van der Waals surface area contributed by atoms with Crippen LogP contribution in [0.4, 0.5) is 0 Å². The fourth-order valence-corrected chi connectivity index (χ4v) is 1.62. The predicted molar refractivity (Wildman–Crippen MR) is 47.0 cm³/mol. The van der Waals surface area contributed by atoms with E-state index in [0.29, 0.717) is 6.10 Å². The van der Waals surface area contributed by atoms with E-state index in [2.05, 4.69) is 29.2 Å². The Hall–Kier alpha value is -1.28. The summed E-state index contributed by atoms with van der Waals surface area (Å²) in [4.78, 5) is 3.19. The smallest absolute Gasteiger partial charge is 0.107 e. The summed E-state index contributed by atoms with van der Waals surface area (Å²) >= 11 is 0. The van der Waals surface area contributed by atoms with Gasteiger partial charge in [0.05, 0.1) is 6.61 Å². The second-order valence-corrected chi connectivity index (χ2v) is 3.11. The van der Waals surface area contributed by atoms with E-state index in [1.54, 1.807) is 0 Å². The Morgan fingerprint density at radius 2 is 2.25 bits per heavy atom. The van der Waals surface area contributed by atoms with E-state index in [0.717, 1.165) is 6.61 Å². The Labute approximate surface area is 70.2 Å². The predicted octanol–water partition coefficient (Wildman–Crippen LogP) is 2.24. The maximum Gasteiger partial charge on any atom is 0.107 e. The van der Waals surface area contributed by atoms with Gasteiger partial charge in [-0.25, -0.2) is 0 Å². The summed E-state index contributed by atoms with van der Waals surface area (Å²) < 4.78 is 5.26. The molecule has 0 aliphatic carbocycles. The Morgan fingerprint density at radius 3 is 3.08 bits per heavy atom. The highest BCUT2D eigenvalue weighted by Crippen LogP contribution is 2.34. The van der Waals surface area contributed by atoms with Crippen LogP contribution in [-0.4, -0.2) is 11.6 Å². The number of aromatic amines is 1. The lowest BCUT2D eigenvalue weighted by molar-refractivity contribution is 0.417. The van der Waals surface area contributed by atoms with Crippen LogP contribution in [0.2, 0.25) is 0 Å². The van der Waals surface area contributed by atoms with Crippen molar-refractivity contribution in [1.82, 2.24) is 4.98 Å². The van der Waals surface area contributed by atoms with Crippen LogP contribution in [-0.2, 0) is 4.74 Å². The number of rotatable bonds is 1. The molecule has 1 aliphatic rings. The lowest BCUT2D eigenvalue weighted by atomic mass is 10.1. The standard InChI is InChI=1S/C10H9NO/c1-2-8(10-6-12-10)7-4-5-11-9(7)3-1/h1-5,10-11H,6H2/t10-/m1/s1. The minimum absolute atomic E-state index is 0.351. The van der Waals surface area contributed by atoms with Crippen molar-refractivity contribution >= 4 is 10.9 Å². The van der Waals surface area contributed by atoms with Crippen LogP contribution in [0.25, 0.3) is 10.9 Å². The van der Waals surface area contributed by atoms with Crippen molar-refractivity contribution in [3.63, 3.8) is 0 Å². The molecule has 2 heteroatoms. The fourth-order valence-electron chi connectivity index (χ4n) is 1.62. The van der Waals surface area contributed by atoms with Crippen LogP contribution in [0, 0.1) is 0 Å². The van der Waals surface area contributed by atoms with Gasteiger partial charge in [0.25, 0.3) is 0 Å². The fraction of sp³-hybridized carbons (Fsp3) is 0.200. The molecule has 0 radical (unpaired) electrons. The summed E-state index contributed by atoms with van der Waals surface area (Å²) in [7, 11) is 0. The molecule has 2 aromatic rings. The maximum atomic E-state index is 5.26. The number of benzene rings is 1. The molecule has 60 valence electrons. The summed E-state index contributed by atoms with van der Waals surface area (Å²) in [5, 5.41) is 1.29. The Kier molecular flexibility index (Phi) is 1.10. The number of fused-ring (bicyclic) bond motifs is 1. The van der Waals surface area contributed by atoms with E-state index in [4.69, 9.17) is 4.74 Å². The van der Waals surface area contributed by atoms with Gasteiger partial charge in [0.2, 0.25) is 0 Å². The Balaban J connectivity index is 2.32. The van der Waals surface area contributed by atoms with E-state index in [9.17, 15) is 0 Å². The van der Waals surface area contributed by atoms with Gasteiger partial charge in [0, 0.05) is 17.1 Å². The number of hydrogen-bond donors (Lipinski definition) is 1. The molecule has 0 unspecified atom stereocenters. The van der Waals surface area contributed by atoms with E-state index in [1.807, 2.05) is 6.20 Å². The van der Waals surface area contributed by atoms with Gasteiger partial charge in [-0.15, -0.1) is 0 Å². The van der Waals surface area contributed by atoms with Crippen molar-refractivity contribution in [1.29, 1.82) is 0 Å². The van der Waals surface area contributed by atoms with E-state index in [-0.39, 0.29) is 0 Å². The van der Waals surface area contributed by atoms with Gasteiger partial charge in [-0.3, -0.25) is 0 Å². The van der Waals surface area contributed by atoms with Crippen molar-refractivity contribution < 1.29 is 4.74 Å². The molecular formula is C10H9NO. The summed E-state index contributed by atoms with van der Waals surface area (Å²) in [6.07, 6.45) is 2.32. The molecule has 0 amide bonds. The summed E-state index contributed by atoms with van der Waals surface area (Å²) in [5.41, 5.74) is 2.51. The summed E-state index contributed by atoms with van der Waals surface area (Å²) in [6.45, 7) is 0.879. The van der Waals surface area contributed by atoms with Gasteiger partial charge in [-0.05, 0) is 17.7 Å². The second kappa shape index (κ2) is 2.11. The number of epoxide rings is 1. The minimum atomic E-state index is 0.351. The van der Waals surface area contributed by atoms with E-state index in [1.165, 1.54) is 16.5 Å². The van der Waals surface area contributed by atoms with Crippen LogP contribution in [0.15, 0.2) is 30.5 Å². The van der Waals surface area contributed by atoms with Gasteiger partial charge < -0.3 is 9.72 Å². The van der Waals surface area contributed by atoms with E-state index < -0.39 is 0 Å². The Bertz CT molecular complexity index is 414. The molecule has 3 rings (SSSR count). The zero-order valence-corrected chi connectivity index (χ0v) is 6.58. The van der Waals surface area contributed by atoms with Crippen LogP contribution < -0.4 is 0 Å². The van der Waals surface area contributed by atoms with Crippen LogP contribution in [0.5, 0.6) is 0 Å². The Morgan fingerprint density at radius 1 is 1.33 bits per heavy atom. The molecule has 2 nitrogen and oxygen atoms in total. The number of H-pyrrole nitrogens is 1. The molecule has 1 N–H and O–H groups in total. The largest absolute Gasteiger partial charge is 0.368 e. The number of aromatic nitrogens is 1. The molecule has 1 aromatic heterocycles. The first-order valence-electron chi connectivity index (χ1n) is 4.13. The summed E-state index contributed by atoms with van der Waals surface area (Å²) in [5.74, 6) is 0. The molecule has 0 spiro atoms. The first-order valence-corrected chi connectivity index (χ1v) is 4.13. The van der Waals surface area contributed by atoms with Gasteiger partial charge in [-0.2, -0.15) is 0 Å². The van der Waals surface area contributed by atoms with Crippen molar-refractivity contribution in [3.8, 4) is 0 Å².